The van der Waals surface area contributed by atoms with E-state index in [1.807, 2.05) is 6.92 Å². The van der Waals surface area contributed by atoms with Gasteiger partial charge in [0.1, 0.15) is 0 Å². The Morgan fingerprint density at radius 1 is 1.69 bits per heavy atom. The van der Waals surface area contributed by atoms with Gasteiger partial charge in [-0.15, -0.1) is 0 Å². The summed E-state index contributed by atoms with van der Waals surface area (Å²) < 4.78 is 4.88. The number of rotatable bonds is 3. The second-order valence-electron chi connectivity index (χ2n) is 3.37. The summed E-state index contributed by atoms with van der Waals surface area (Å²) in [4.78, 5) is 13.4. The first kappa shape index (κ1) is 10.3. The first-order valence-electron chi connectivity index (χ1n) is 4.74. The summed E-state index contributed by atoms with van der Waals surface area (Å²) in [5.41, 5.74) is 1.19. The monoisotopic (exact) mass is 183 g/mol. The van der Waals surface area contributed by atoms with E-state index in [9.17, 15) is 4.79 Å². The fourth-order valence-electron chi connectivity index (χ4n) is 1.50. The standard InChI is InChI=1S/C10H17NO2/c1-3-13-10(12)7-9-5-4-6-11(2)8-9/h5H,3-4,6-8H2,1-2H3. The number of nitrogens with zero attached hydrogens (tertiary/aromatic N) is 1. The van der Waals surface area contributed by atoms with Crippen molar-refractivity contribution in [2.24, 2.45) is 0 Å². The lowest BCUT2D eigenvalue weighted by molar-refractivity contribution is -0.142. The summed E-state index contributed by atoms with van der Waals surface area (Å²) >= 11 is 0. The predicted molar refractivity (Wildman–Crippen MR) is 51.4 cm³/mol. The molecule has 0 spiro atoms. The molecule has 1 aliphatic heterocycles. The van der Waals surface area contributed by atoms with Crippen LogP contribution >= 0.6 is 0 Å². The normalized spacial score (nSPS) is 18.2. The van der Waals surface area contributed by atoms with Crippen LogP contribution in [0.1, 0.15) is 19.8 Å². The highest BCUT2D eigenvalue weighted by Gasteiger charge is 2.12. The molecule has 0 aromatic carbocycles. The molecule has 0 bridgehead atoms. The molecule has 3 nitrogen and oxygen atoms in total. The molecule has 0 aromatic rings. The molecule has 0 aromatic heterocycles. The lowest BCUT2D eigenvalue weighted by atomic mass is 10.1. The number of hydrogen-bond acceptors (Lipinski definition) is 3. The van der Waals surface area contributed by atoms with Crippen molar-refractivity contribution >= 4 is 5.97 Å². The van der Waals surface area contributed by atoms with Crippen LogP contribution in [0.5, 0.6) is 0 Å². The first-order valence-corrected chi connectivity index (χ1v) is 4.74. The summed E-state index contributed by atoms with van der Waals surface area (Å²) in [5.74, 6) is -0.107. The zero-order chi connectivity index (χ0) is 9.68. The van der Waals surface area contributed by atoms with Gasteiger partial charge in [0.05, 0.1) is 13.0 Å². The zero-order valence-electron chi connectivity index (χ0n) is 8.38. The number of carbonyl (C=O) groups is 1. The first-order chi connectivity index (χ1) is 6.22. The fourth-order valence-corrected chi connectivity index (χ4v) is 1.50. The van der Waals surface area contributed by atoms with Gasteiger partial charge in [-0.05, 0) is 26.0 Å². The second-order valence-corrected chi connectivity index (χ2v) is 3.37. The third kappa shape index (κ3) is 3.59. The van der Waals surface area contributed by atoms with Crippen LogP contribution in [-0.4, -0.2) is 37.6 Å². The maximum absolute atomic E-state index is 11.1. The summed E-state index contributed by atoms with van der Waals surface area (Å²) in [6, 6.07) is 0. The molecular weight excluding hydrogens is 166 g/mol. The maximum atomic E-state index is 11.1. The van der Waals surface area contributed by atoms with Crippen LogP contribution in [0.3, 0.4) is 0 Å². The van der Waals surface area contributed by atoms with E-state index in [0.717, 1.165) is 19.5 Å². The van der Waals surface area contributed by atoms with E-state index >= 15 is 0 Å². The van der Waals surface area contributed by atoms with Gasteiger partial charge in [0, 0.05) is 13.1 Å². The number of ether oxygens (including phenoxy) is 1. The molecule has 0 amide bonds. The Hall–Kier alpha value is -0.830. The smallest absolute Gasteiger partial charge is 0.309 e. The Kier molecular flexibility index (Phi) is 3.96. The minimum atomic E-state index is -0.107. The molecule has 1 rings (SSSR count). The highest BCUT2D eigenvalue weighted by atomic mass is 16.5. The summed E-state index contributed by atoms with van der Waals surface area (Å²) in [7, 11) is 2.07. The maximum Gasteiger partial charge on any atom is 0.309 e. The van der Waals surface area contributed by atoms with Gasteiger partial charge in [0.25, 0.3) is 0 Å². The van der Waals surface area contributed by atoms with Crippen LogP contribution in [0, 0.1) is 0 Å². The van der Waals surface area contributed by atoms with E-state index in [1.54, 1.807) is 0 Å². The minimum absolute atomic E-state index is 0.107. The average molecular weight is 183 g/mol. The van der Waals surface area contributed by atoms with Crippen molar-refractivity contribution in [3.05, 3.63) is 11.6 Å². The van der Waals surface area contributed by atoms with E-state index < -0.39 is 0 Å². The molecule has 0 fully saturated rings. The van der Waals surface area contributed by atoms with Gasteiger partial charge in [-0.1, -0.05) is 6.08 Å². The molecule has 0 atom stereocenters. The van der Waals surface area contributed by atoms with Crippen molar-refractivity contribution in [3.63, 3.8) is 0 Å². The van der Waals surface area contributed by atoms with Crippen molar-refractivity contribution < 1.29 is 9.53 Å². The van der Waals surface area contributed by atoms with E-state index in [0.29, 0.717) is 13.0 Å². The molecule has 0 saturated heterocycles. The van der Waals surface area contributed by atoms with Crippen LogP contribution in [0.15, 0.2) is 11.6 Å². The van der Waals surface area contributed by atoms with Crippen LogP contribution in [0.4, 0.5) is 0 Å². The van der Waals surface area contributed by atoms with Crippen LogP contribution in [-0.2, 0) is 9.53 Å². The van der Waals surface area contributed by atoms with Crippen molar-refractivity contribution in [2.75, 3.05) is 26.7 Å². The van der Waals surface area contributed by atoms with E-state index in [2.05, 4.69) is 18.0 Å². The lowest BCUT2D eigenvalue weighted by Crippen LogP contribution is -2.26. The lowest BCUT2D eigenvalue weighted by Gasteiger charge is -2.22. The van der Waals surface area contributed by atoms with Gasteiger partial charge in [-0.25, -0.2) is 0 Å². The summed E-state index contributed by atoms with van der Waals surface area (Å²) in [6.07, 6.45) is 3.65. The van der Waals surface area contributed by atoms with Crippen molar-refractivity contribution in [2.45, 2.75) is 19.8 Å². The van der Waals surface area contributed by atoms with Crippen LogP contribution in [0.25, 0.3) is 0 Å². The number of likely N-dealkylation sites (N-methyl/N-ethyl adjacent to an activating group) is 1. The van der Waals surface area contributed by atoms with Gasteiger partial charge in [-0.3, -0.25) is 4.79 Å². The van der Waals surface area contributed by atoms with Crippen molar-refractivity contribution in [1.82, 2.24) is 4.90 Å². The Labute approximate surface area is 79.4 Å². The number of hydrogen-bond donors (Lipinski definition) is 0. The molecule has 0 saturated carbocycles. The van der Waals surface area contributed by atoms with E-state index in [-0.39, 0.29) is 5.97 Å². The zero-order valence-corrected chi connectivity index (χ0v) is 8.38. The number of esters is 1. The molecule has 1 aliphatic rings. The minimum Gasteiger partial charge on any atom is -0.466 e. The molecule has 0 radical (unpaired) electrons. The Morgan fingerprint density at radius 2 is 2.46 bits per heavy atom. The molecule has 0 unspecified atom stereocenters. The van der Waals surface area contributed by atoms with Gasteiger partial charge < -0.3 is 9.64 Å². The van der Waals surface area contributed by atoms with Gasteiger partial charge in [0.2, 0.25) is 0 Å². The molecule has 0 N–H and O–H groups in total. The third-order valence-corrected chi connectivity index (χ3v) is 2.09. The van der Waals surface area contributed by atoms with E-state index in [1.165, 1.54) is 5.57 Å². The topological polar surface area (TPSA) is 29.5 Å². The average Bonchev–Trinajstić information content (AvgIpc) is 2.04. The van der Waals surface area contributed by atoms with Crippen LogP contribution < -0.4 is 0 Å². The second kappa shape index (κ2) is 5.02. The molecular formula is C10H17NO2. The van der Waals surface area contributed by atoms with Gasteiger partial charge in [0.15, 0.2) is 0 Å². The molecule has 13 heavy (non-hydrogen) atoms. The molecule has 3 heteroatoms. The van der Waals surface area contributed by atoms with E-state index in [4.69, 9.17) is 4.74 Å². The fraction of sp³-hybridized carbons (Fsp3) is 0.700. The largest absolute Gasteiger partial charge is 0.466 e. The van der Waals surface area contributed by atoms with Crippen molar-refractivity contribution in [1.29, 1.82) is 0 Å². The SMILES string of the molecule is CCOC(=O)CC1=CCCN(C)C1. The molecule has 1 heterocycles. The quantitative estimate of drug-likeness (QED) is 0.486. The predicted octanol–water partition coefficient (Wildman–Crippen LogP) is 1.20. The Balaban J connectivity index is 2.35. The molecule has 74 valence electrons. The summed E-state index contributed by atoms with van der Waals surface area (Å²) in [6.45, 7) is 4.30. The molecule has 0 aliphatic carbocycles. The summed E-state index contributed by atoms with van der Waals surface area (Å²) in [5, 5.41) is 0. The van der Waals surface area contributed by atoms with Gasteiger partial charge in [-0.2, -0.15) is 0 Å². The third-order valence-electron chi connectivity index (χ3n) is 2.09. The van der Waals surface area contributed by atoms with Crippen molar-refractivity contribution in [3.8, 4) is 0 Å². The highest BCUT2D eigenvalue weighted by molar-refractivity contribution is 5.72. The van der Waals surface area contributed by atoms with Crippen LogP contribution in [0.2, 0.25) is 0 Å². The number of carbonyl (C=O) groups excluding carboxylic acids is 1. The Bertz CT molecular complexity index is 211. The van der Waals surface area contributed by atoms with Gasteiger partial charge >= 0.3 is 5.97 Å². The highest BCUT2D eigenvalue weighted by Crippen LogP contribution is 2.11. The Morgan fingerprint density at radius 3 is 3.08 bits per heavy atom.